The van der Waals surface area contributed by atoms with E-state index in [-0.39, 0.29) is 5.97 Å². The van der Waals surface area contributed by atoms with Gasteiger partial charge in [0.2, 0.25) is 0 Å². The maximum absolute atomic E-state index is 12.3. The summed E-state index contributed by atoms with van der Waals surface area (Å²) in [6.45, 7) is 0. The van der Waals surface area contributed by atoms with Crippen molar-refractivity contribution in [2.45, 2.75) is 56.0 Å². The molecule has 0 spiro atoms. The number of hydrogen-bond acceptors (Lipinski definition) is 5. The van der Waals surface area contributed by atoms with Gasteiger partial charge < -0.3 is 10.1 Å². The molecule has 2 aliphatic rings. The highest BCUT2D eigenvalue weighted by molar-refractivity contribution is 5.82. The fraction of sp³-hybridized carbons (Fsp3) is 0.667. The predicted octanol–water partition coefficient (Wildman–Crippen LogP) is 1.58. The summed E-state index contributed by atoms with van der Waals surface area (Å²) in [6.07, 6.45) is 7.76. The van der Waals surface area contributed by atoms with Gasteiger partial charge in [-0.05, 0) is 50.7 Å². The Kier molecular flexibility index (Phi) is 3.70. The lowest BCUT2D eigenvalue weighted by molar-refractivity contribution is -0.149. The lowest BCUT2D eigenvalue weighted by atomic mass is 9.70. The Morgan fingerprint density at radius 1 is 1.30 bits per heavy atom. The monoisotopic (exact) mass is 275 g/mol. The number of hydrogen-bond donors (Lipinski definition) is 1. The largest absolute Gasteiger partial charge is 0.468 e. The molecule has 0 bridgehead atoms. The van der Waals surface area contributed by atoms with Gasteiger partial charge in [-0.15, -0.1) is 0 Å². The summed E-state index contributed by atoms with van der Waals surface area (Å²) in [5.41, 5.74) is 0.141. The minimum absolute atomic E-state index is 0.178. The van der Waals surface area contributed by atoms with Crippen molar-refractivity contribution in [3.05, 3.63) is 24.0 Å². The topological polar surface area (TPSA) is 64.1 Å². The van der Waals surface area contributed by atoms with Crippen LogP contribution in [0.4, 0.5) is 0 Å². The number of aromatic nitrogens is 2. The molecule has 0 radical (unpaired) electrons. The van der Waals surface area contributed by atoms with Crippen molar-refractivity contribution in [1.82, 2.24) is 15.5 Å². The number of esters is 1. The highest BCUT2D eigenvalue weighted by Crippen LogP contribution is 2.40. The van der Waals surface area contributed by atoms with Crippen molar-refractivity contribution >= 4 is 5.97 Å². The molecule has 1 aromatic heterocycles. The summed E-state index contributed by atoms with van der Waals surface area (Å²) in [4.78, 5) is 12.3. The van der Waals surface area contributed by atoms with Gasteiger partial charge in [0.15, 0.2) is 0 Å². The molecule has 2 aliphatic carbocycles. The smallest absolute Gasteiger partial charge is 0.317 e. The van der Waals surface area contributed by atoms with E-state index in [1.165, 1.54) is 20.0 Å². The second kappa shape index (κ2) is 5.48. The van der Waals surface area contributed by atoms with Gasteiger partial charge in [0.1, 0.15) is 5.41 Å². The van der Waals surface area contributed by atoms with Crippen LogP contribution in [0.2, 0.25) is 0 Å². The highest BCUT2D eigenvalue weighted by atomic mass is 16.5. The molecule has 5 heteroatoms. The molecule has 0 aliphatic heterocycles. The van der Waals surface area contributed by atoms with Crippen LogP contribution in [0.3, 0.4) is 0 Å². The van der Waals surface area contributed by atoms with E-state index in [4.69, 9.17) is 4.74 Å². The molecule has 2 fully saturated rings. The van der Waals surface area contributed by atoms with Crippen molar-refractivity contribution in [3.8, 4) is 0 Å². The number of ether oxygens (including phenoxy) is 1. The number of nitrogens with one attached hydrogen (secondary N) is 1. The fourth-order valence-electron chi connectivity index (χ4n) is 3.18. The van der Waals surface area contributed by atoms with Crippen molar-refractivity contribution in [2.75, 3.05) is 7.11 Å². The average Bonchev–Trinajstić information content (AvgIpc) is 3.32. The van der Waals surface area contributed by atoms with E-state index in [0.717, 1.165) is 31.4 Å². The Morgan fingerprint density at radius 3 is 2.55 bits per heavy atom. The first-order valence-corrected chi connectivity index (χ1v) is 7.37. The zero-order valence-corrected chi connectivity index (χ0v) is 11.8. The Morgan fingerprint density at radius 2 is 2.00 bits per heavy atom. The van der Waals surface area contributed by atoms with Crippen LogP contribution in [0.5, 0.6) is 0 Å². The second-order valence-electron chi connectivity index (χ2n) is 5.90. The quantitative estimate of drug-likeness (QED) is 0.845. The van der Waals surface area contributed by atoms with Crippen molar-refractivity contribution in [1.29, 1.82) is 0 Å². The molecule has 0 aromatic carbocycles. The van der Waals surface area contributed by atoms with Crippen LogP contribution in [0, 0.1) is 0 Å². The summed E-state index contributed by atoms with van der Waals surface area (Å²) in [5.74, 6) is -0.178. The Balaban J connectivity index is 1.76. The predicted molar refractivity (Wildman–Crippen MR) is 74.1 cm³/mol. The molecular formula is C15H21N3O2. The molecule has 5 nitrogen and oxygen atoms in total. The molecule has 1 N–H and O–H groups in total. The minimum atomic E-state index is -0.606. The summed E-state index contributed by atoms with van der Waals surface area (Å²) in [5, 5.41) is 11.7. The summed E-state index contributed by atoms with van der Waals surface area (Å²) in [6, 6.07) is 4.96. The number of carbonyl (C=O) groups is 1. The fourth-order valence-corrected chi connectivity index (χ4v) is 3.18. The van der Waals surface area contributed by atoms with E-state index in [2.05, 4.69) is 15.5 Å². The first kappa shape index (κ1) is 13.5. The van der Waals surface area contributed by atoms with Crippen LogP contribution in [-0.2, 0) is 14.9 Å². The summed E-state index contributed by atoms with van der Waals surface area (Å²) in [7, 11) is 1.45. The van der Waals surface area contributed by atoms with Gasteiger partial charge in [-0.3, -0.25) is 4.79 Å². The van der Waals surface area contributed by atoms with E-state index in [1.807, 2.05) is 12.1 Å². The van der Waals surface area contributed by atoms with Crippen LogP contribution >= 0.6 is 0 Å². The number of carbonyl (C=O) groups excluding carboxylic acids is 1. The molecule has 1 aromatic rings. The minimum Gasteiger partial charge on any atom is -0.468 e. The Hall–Kier alpha value is -1.49. The molecule has 1 heterocycles. The van der Waals surface area contributed by atoms with Crippen LogP contribution in [0.1, 0.15) is 44.2 Å². The van der Waals surface area contributed by atoms with Gasteiger partial charge in [0.05, 0.1) is 12.8 Å². The molecule has 0 unspecified atom stereocenters. The molecule has 2 saturated carbocycles. The number of nitrogens with zero attached hydrogens (tertiary/aromatic N) is 2. The van der Waals surface area contributed by atoms with E-state index in [1.54, 1.807) is 6.20 Å². The molecule has 0 atom stereocenters. The summed E-state index contributed by atoms with van der Waals surface area (Å²) >= 11 is 0. The highest BCUT2D eigenvalue weighted by Gasteiger charge is 2.46. The van der Waals surface area contributed by atoms with E-state index in [9.17, 15) is 4.79 Å². The molecule has 3 rings (SSSR count). The van der Waals surface area contributed by atoms with Gasteiger partial charge in [0, 0.05) is 18.3 Å². The molecule has 0 saturated heterocycles. The maximum Gasteiger partial charge on any atom is 0.317 e. The third-order valence-corrected chi connectivity index (χ3v) is 4.53. The van der Waals surface area contributed by atoms with Crippen LogP contribution < -0.4 is 5.32 Å². The zero-order valence-electron chi connectivity index (χ0n) is 11.8. The number of rotatable bonds is 4. The first-order valence-electron chi connectivity index (χ1n) is 7.37. The third kappa shape index (κ3) is 2.54. The lowest BCUT2D eigenvalue weighted by Crippen LogP contribution is -2.46. The Bertz CT molecular complexity index is 465. The molecule has 20 heavy (non-hydrogen) atoms. The molecule has 0 amide bonds. The van der Waals surface area contributed by atoms with E-state index < -0.39 is 5.41 Å². The van der Waals surface area contributed by atoms with Gasteiger partial charge in [-0.25, -0.2) is 0 Å². The molecule has 108 valence electrons. The van der Waals surface area contributed by atoms with Crippen LogP contribution in [-0.4, -0.2) is 35.4 Å². The van der Waals surface area contributed by atoms with Crippen molar-refractivity contribution < 1.29 is 9.53 Å². The average molecular weight is 275 g/mol. The SMILES string of the molecule is COC(=O)C1(c2cccnn2)CCC(NC2CC2)CC1. The number of methoxy groups -OCH3 is 1. The third-order valence-electron chi connectivity index (χ3n) is 4.53. The van der Waals surface area contributed by atoms with Gasteiger partial charge >= 0.3 is 5.97 Å². The van der Waals surface area contributed by atoms with Crippen LogP contribution in [0.25, 0.3) is 0 Å². The van der Waals surface area contributed by atoms with E-state index >= 15 is 0 Å². The lowest BCUT2D eigenvalue weighted by Gasteiger charge is -2.37. The van der Waals surface area contributed by atoms with Gasteiger partial charge in [0.25, 0.3) is 0 Å². The normalized spacial score (nSPS) is 29.9. The standard InChI is InChI=1S/C15H21N3O2/c1-20-14(19)15(13-3-2-10-16-18-13)8-6-12(7-9-15)17-11-4-5-11/h2-3,10-12,17H,4-9H2,1H3. The Labute approximate surface area is 119 Å². The van der Waals surface area contributed by atoms with Crippen LogP contribution in [0.15, 0.2) is 18.3 Å². The molecular weight excluding hydrogens is 254 g/mol. The van der Waals surface area contributed by atoms with Crippen molar-refractivity contribution in [3.63, 3.8) is 0 Å². The zero-order chi connectivity index (χ0) is 14.0. The second-order valence-corrected chi connectivity index (χ2v) is 5.90. The van der Waals surface area contributed by atoms with Gasteiger partial charge in [-0.2, -0.15) is 10.2 Å². The van der Waals surface area contributed by atoms with Crippen molar-refractivity contribution in [2.24, 2.45) is 0 Å². The first-order chi connectivity index (χ1) is 9.74. The summed E-state index contributed by atoms with van der Waals surface area (Å²) < 4.78 is 5.05. The maximum atomic E-state index is 12.3. The van der Waals surface area contributed by atoms with E-state index in [0.29, 0.717) is 12.1 Å². The van der Waals surface area contributed by atoms with Gasteiger partial charge in [-0.1, -0.05) is 0 Å².